The van der Waals surface area contributed by atoms with E-state index in [1.165, 1.54) is 12.7 Å². The van der Waals surface area contributed by atoms with E-state index in [0.29, 0.717) is 12.1 Å². The summed E-state index contributed by atoms with van der Waals surface area (Å²) in [5.74, 6) is 0.606. The molecular weight excluding hydrogens is 278 g/mol. The van der Waals surface area contributed by atoms with Crippen molar-refractivity contribution < 1.29 is 14.3 Å². The molecule has 0 fully saturated rings. The maximum absolute atomic E-state index is 11.5. The van der Waals surface area contributed by atoms with Gasteiger partial charge in [0.25, 0.3) is 0 Å². The fourth-order valence-corrected chi connectivity index (χ4v) is 2.71. The van der Waals surface area contributed by atoms with Crippen LogP contribution in [0.15, 0.2) is 42.5 Å². The Morgan fingerprint density at radius 1 is 1.23 bits per heavy atom. The SMILES string of the molecule is COC(=O)c1ccc(-c2ccc3c(c2)CC[C@H](CN)O3)cc1. The molecule has 0 aromatic heterocycles. The molecule has 2 aromatic rings. The second kappa shape index (κ2) is 6.20. The van der Waals surface area contributed by atoms with Crippen molar-refractivity contribution in [1.82, 2.24) is 0 Å². The number of carbonyl (C=O) groups excluding carboxylic acids is 1. The van der Waals surface area contributed by atoms with E-state index in [0.717, 1.165) is 29.7 Å². The molecule has 1 aliphatic rings. The van der Waals surface area contributed by atoms with Gasteiger partial charge in [0.15, 0.2) is 0 Å². The summed E-state index contributed by atoms with van der Waals surface area (Å²) in [5.41, 5.74) is 9.61. The average molecular weight is 297 g/mol. The van der Waals surface area contributed by atoms with Gasteiger partial charge in [-0.25, -0.2) is 4.79 Å². The summed E-state index contributed by atoms with van der Waals surface area (Å²) in [7, 11) is 1.38. The van der Waals surface area contributed by atoms with Crippen molar-refractivity contribution in [3.05, 3.63) is 53.6 Å². The van der Waals surface area contributed by atoms with Gasteiger partial charge in [0.2, 0.25) is 0 Å². The Balaban J connectivity index is 1.85. The average Bonchev–Trinajstić information content (AvgIpc) is 2.60. The molecule has 0 aliphatic carbocycles. The molecule has 4 heteroatoms. The number of hydrogen-bond donors (Lipinski definition) is 1. The Kier molecular flexibility index (Phi) is 4.11. The van der Waals surface area contributed by atoms with Crippen LogP contribution in [0.3, 0.4) is 0 Å². The number of fused-ring (bicyclic) bond motifs is 1. The van der Waals surface area contributed by atoms with Gasteiger partial charge in [0.05, 0.1) is 12.7 Å². The van der Waals surface area contributed by atoms with Gasteiger partial charge in [0.1, 0.15) is 11.9 Å². The molecule has 22 heavy (non-hydrogen) atoms. The Bertz CT molecular complexity index is 679. The fourth-order valence-electron chi connectivity index (χ4n) is 2.71. The van der Waals surface area contributed by atoms with E-state index in [1.54, 1.807) is 12.1 Å². The molecule has 114 valence electrons. The van der Waals surface area contributed by atoms with Crippen LogP contribution in [0.4, 0.5) is 0 Å². The Labute approximate surface area is 129 Å². The summed E-state index contributed by atoms with van der Waals surface area (Å²) in [6.45, 7) is 0.552. The normalized spacial score (nSPS) is 16.5. The van der Waals surface area contributed by atoms with Gasteiger partial charge in [-0.1, -0.05) is 18.2 Å². The van der Waals surface area contributed by atoms with E-state index in [2.05, 4.69) is 6.07 Å². The molecule has 0 bridgehead atoms. The van der Waals surface area contributed by atoms with Gasteiger partial charge in [-0.15, -0.1) is 0 Å². The number of ether oxygens (including phenoxy) is 2. The molecule has 4 nitrogen and oxygen atoms in total. The van der Waals surface area contributed by atoms with Crippen LogP contribution in [0.1, 0.15) is 22.3 Å². The predicted octanol–water partition coefficient (Wildman–Crippen LogP) is 2.79. The van der Waals surface area contributed by atoms with Crippen molar-refractivity contribution in [2.75, 3.05) is 13.7 Å². The van der Waals surface area contributed by atoms with Crippen LogP contribution in [0, 0.1) is 0 Å². The summed E-state index contributed by atoms with van der Waals surface area (Å²) in [6.07, 6.45) is 2.05. The number of esters is 1. The largest absolute Gasteiger partial charge is 0.489 e. The molecule has 0 spiro atoms. The summed E-state index contributed by atoms with van der Waals surface area (Å²) in [6, 6.07) is 13.6. The first-order valence-electron chi connectivity index (χ1n) is 7.39. The fraction of sp³-hybridized carbons (Fsp3) is 0.278. The third-order valence-corrected chi connectivity index (χ3v) is 3.99. The van der Waals surface area contributed by atoms with Crippen molar-refractivity contribution >= 4 is 5.97 Å². The lowest BCUT2D eigenvalue weighted by molar-refractivity contribution is 0.0601. The van der Waals surface area contributed by atoms with Crippen LogP contribution in [0.25, 0.3) is 11.1 Å². The maximum atomic E-state index is 11.5. The quantitative estimate of drug-likeness (QED) is 0.885. The molecule has 1 atom stereocenters. The van der Waals surface area contributed by atoms with Crippen LogP contribution < -0.4 is 10.5 Å². The maximum Gasteiger partial charge on any atom is 0.337 e. The molecule has 0 radical (unpaired) electrons. The van der Waals surface area contributed by atoms with Crippen molar-refractivity contribution in [2.24, 2.45) is 5.73 Å². The topological polar surface area (TPSA) is 61.5 Å². The van der Waals surface area contributed by atoms with Crippen LogP contribution in [0.2, 0.25) is 0 Å². The Hall–Kier alpha value is -2.33. The summed E-state index contributed by atoms with van der Waals surface area (Å²) < 4.78 is 10.6. The minimum absolute atomic E-state index is 0.123. The van der Waals surface area contributed by atoms with E-state index in [4.69, 9.17) is 15.2 Å². The second-order valence-electron chi connectivity index (χ2n) is 5.41. The van der Waals surface area contributed by atoms with Crippen molar-refractivity contribution in [2.45, 2.75) is 18.9 Å². The van der Waals surface area contributed by atoms with Gasteiger partial charge in [0, 0.05) is 6.54 Å². The first-order chi connectivity index (χ1) is 10.7. The van der Waals surface area contributed by atoms with Crippen LogP contribution in [-0.2, 0) is 11.2 Å². The van der Waals surface area contributed by atoms with Crippen molar-refractivity contribution in [3.63, 3.8) is 0 Å². The third kappa shape index (κ3) is 2.83. The molecule has 2 aromatic carbocycles. The molecule has 1 aliphatic heterocycles. The van der Waals surface area contributed by atoms with Crippen molar-refractivity contribution in [3.8, 4) is 16.9 Å². The number of nitrogens with two attached hydrogens (primary N) is 1. The third-order valence-electron chi connectivity index (χ3n) is 3.99. The minimum atomic E-state index is -0.321. The molecule has 0 amide bonds. The van der Waals surface area contributed by atoms with Gasteiger partial charge in [-0.2, -0.15) is 0 Å². The number of aryl methyl sites for hydroxylation is 1. The van der Waals surface area contributed by atoms with E-state index < -0.39 is 0 Å². The summed E-state index contributed by atoms with van der Waals surface area (Å²) in [5, 5.41) is 0. The zero-order valence-electron chi connectivity index (χ0n) is 12.5. The Morgan fingerprint density at radius 3 is 2.64 bits per heavy atom. The monoisotopic (exact) mass is 297 g/mol. The standard InChI is InChI=1S/C18H19NO3/c1-21-18(20)13-4-2-12(3-5-13)14-7-9-17-15(10-14)6-8-16(11-19)22-17/h2-5,7,9-10,16H,6,8,11,19H2,1H3/t16-/m1/s1. The highest BCUT2D eigenvalue weighted by Gasteiger charge is 2.18. The highest BCUT2D eigenvalue weighted by atomic mass is 16.5. The van der Waals surface area contributed by atoms with E-state index in [-0.39, 0.29) is 12.1 Å². The lowest BCUT2D eigenvalue weighted by Crippen LogP contribution is -2.30. The highest BCUT2D eigenvalue weighted by molar-refractivity contribution is 5.90. The molecule has 0 unspecified atom stereocenters. The highest BCUT2D eigenvalue weighted by Crippen LogP contribution is 2.32. The zero-order valence-corrected chi connectivity index (χ0v) is 12.5. The number of carbonyl (C=O) groups is 1. The predicted molar refractivity (Wildman–Crippen MR) is 85.0 cm³/mol. The van der Waals surface area contributed by atoms with E-state index >= 15 is 0 Å². The number of rotatable bonds is 3. The van der Waals surface area contributed by atoms with Crippen LogP contribution >= 0.6 is 0 Å². The summed E-state index contributed by atoms with van der Waals surface area (Å²) >= 11 is 0. The first kappa shape index (κ1) is 14.6. The molecule has 3 rings (SSSR count). The lowest BCUT2D eigenvalue weighted by Gasteiger charge is -2.25. The van der Waals surface area contributed by atoms with Gasteiger partial charge in [-0.3, -0.25) is 0 Å². The van der Waals surface area contributed by atoms with Crippen LogP contribution in [-0.4, -0.2) is 25.7 Å². The second-order valence-corrected chi connectivity index (χ2v) is 5.41. The van der Waals surface area contributed by atoms with E-state index in [1.807, 2.05) is 24.3 Å². The number of benzene rings is 2. The molecule has 0 saturated carbocycles. The van der Waals surface area contributed by atoms with Crippen molar-refractivity contribution in [1.29, 1.82) is 0 Å². The molecule has 0 saturated heterocycles. The lowest BCUT2D eigenvalue weighted by atomic mass is 9.96. The molecule has 2 N–H and O–H groups in total. The molecular formula is C18H19NO3. The summed E-state index contributed by atoms with van der Waals surface area (Å²) in [4.78, 5) is 11.5. The van der Waals surface area contributed by atoms with Gasteiger partial charge < -0.3 is 15.2 Å². The minimum Gasteiger partial charge on any atom is -0.489 e. The van der Waals surface area contributed by atoms with Gasteiger partial charge in [-0.05, 0) is 53.8 Å². The van der Waals surface area contributed by atoms with Gasteiger partial charge >= 0.3 is 5.97 Å². The molecule has 1 heterocycles. The first-order valence-corrected chi connectivity index (χ1v) is 7.39. The smallest absolute Gasteiger partial charge is 0.337 e. The number of methoxy groups -OCH3 is 1. The van der Waals surface area contributed by atoms with E-state index in [9.17, 15) is 4.79 Å². The van der Waals surface area contributed by atoms with Crippen LogP contribution in [0.5, 0.6) is 5.75 Å². The number of hydrogen-bond acceptors (Lipinski definition) is 4. The Morgan fingerprint density at radius 2 is 1.95 bits per heavy atom. The zero-order chi connectivity index (χ0) is 15.5.